The fourth-order valence-corrected chi connectivity index (χ4v) is 26.6. The van der Waals surface area contributed by atoms with E-state index in [-0.39, 0.29) is 81.1 Å². The highest BCUT2D eigenvalue weighted by Crippen LogP contribution is 2.46. The Morgan fingerprint density at radius 1 is 0.181 bits per heavy atom. The highest BCUT2D eigenvalue weighted by molar-refractivity contribution is 7.94. The number of aryl methyl sites for hydroxylation is 3. The van der Waals surface area contributed by atoms with Gasteiger partial charge in [0.15, 0.2) is 39.3 Å². The van der Waals surface area contributed by atoms with Crippen LogP contribution in [-0.2, 0) is 99.1 Å². The first-order chi connectivity index (χ1) is 70.6. The van der Waals surface area contributed by atoms with Gasteiger partial charge in [0.1, 0.15) is 104 Å². The number of benzene rings is 16. The Labute approximate surface area is 867 Å². The summed E-state index contributed by atoms with van der Waals surface area (Å²) in [6.45, 7) is 11.6. The summed E-state index contributed by atoms with van der Waals surface area (Å²) in [6, 6.07) is 89.0. The van der Waals surface area contributed by atoms with Gasteiger partial charge in [-0.3, -0.25) is 0 Å². The summed E-state index contributed by atoms with van der Waals surface area (Å²) in [7, 11) is -38.7. The summed E-state index contributed by atoms with van der Waals surface area (Å²) in [5, 5.41) is 0. The van der Waals surface area contributed by atoms with Gasteiger partial charge in [-0.25, -0.2) is 75.8 Å². The minimum absolute atomic E-state index is 0.00337. The number of hydrogen-bond acceptors (Lipinski definition) is 29. The second-order valence-electron chi connectivity index (χ2n) is 33.3. The zero-order chi connectivity index (χ0) is 108. The van der Waals surface area contributed by atoms with E-state index in [1.54, 1.807) is 72.8 Å². The van der Waals surface area contributed by atoms with Crippen molar-refractivity contribution in [3.8, 4) is 119 Å². The van der Waals surface area contributed by atoms with E-state index in [2.05, 4.69) is 0 Å². The molecule has 16 aromatic carbocycles. The van der Waals surface area contributed by atoms with Crippen LogP contribution in [0.15, 0.2) is 420 Å². The second-order valence-corrected chi connectivity index (χ2v) is 52.4. The molecule has 0 atom stereocenters. The summed E-state index contributed by atoms with van der Waals surface area (Å²) in [4.78, 5) is -6.11. The normalized spacial score (nSPS) is 12.0. The molecule has 0 N–H and O–H groups in total. The van der Waals surface area contributed by atoms with Crippen molar-refractivity contribution < 1.29 is 126 Å². The average Bonchev–Trinajstić information content (AvgIpc) is 0.736. The molecular weight excluding hydrogens is 2110 g/mol. The van der Waals surface area contributed by atoms with Gasteiger partial charge in [-0.1, -0.05) is 178 Å². The van der Waals surface area contributed by atoms with Crippen LogP contribution < -0.4 is 37.9 Å². The first-order valence-corrected chi connectivity index (χ1v) is 60.4. The molecule has 16 rings (SSSR count). The molecule has 0 unspecified atom stereocenters. The van der Waals surface area contributed by atoms with Gasteiger partial charge in [-0.15, -0.1) is 12.6 Å². The summed E-state index contributed by atoms with van der Waals surface area (Å²) in [5.74, 6) is -0.694. The number of rotatable bonds is 35. The molecule has 149 heavy (non-hydrogen) atoms. The Morgan fingerprint density at radius 2 is 0.342 bits per heavy atom. The van der Waals surface area contributed by atoms with Crippen LogP contribution >= 0.6 is 0 Å². The molecule has 770 valence electrons. The van der Waals surface area contributed by atoms with Gasteiger partial charge < -0.3 is 37.9 Å². The Balaban J connectivity index is 0.000000364. The average molecular weight is 2200 g/mol. The topological polar surface area (TPSA) is 432 Å². The van der Waals surface area contributed by atoms with E-state index in [0.29, 0.717) is 34.1 Å². The molecule has 0 amide bonds. The number of ether oxygens (including phenoxy) is 8. The van der Waals surface area contributed by atoms with E-state index in [1.807, 2.05) is 130 Å². The third-order valence-electron chi connectivity index (χ3n) is 23.6. The largest absolute Gasteiger partial charge is 0.497 e. The van der Waals surface area contributed by atoms with Crippen LogP contribution in [0.1, 0.15) is 44.4 Å². The van der Waals surface area contributed by atoms with Crippen molar-refractivity contribution in [3.63, 3.8) is 0 Å². The molecule has 0 aromatic heterocycles. The van der Waals surface area contributed by atoms with Gasteiger partial charge in [0.25, 0.3) is 0 Å². The molecular formula is C110H96O29S10. The monoisotopic (exact) mass is 2200 g/mol. The van der Waals surface area contributed by atoms with Crippen molar-refractivity contribution in [2.24, 2.45) is 0 Å². The molecule has 0 saturated carbocycles. The maximum absolute atomic E-state index is 16.0. The van der Waals surface area contributed by atoms with Gasteiger partial charge in [-0.2, -0.15) is 0 Å². The van der Waals surface area contributed by atoms with Crippen LogP contribution in [0, 0.1) is 20.8 Å². The number of sulfone groups is 9. The third-order valence-corrected chi connectivity index (χ3v) is 39.5. The number of methoxy groups -OCH3 is 3. The SMILES string of the molecule is CCS(=O)(=O)c1cc(S(=O)(=O)c2ccc(OC)cc2)ccc1Oc1ccc(-c2ccc(C)cc2)cc1.CCS(=O)(=O)c1cc(S(=O)(=O)c2ccc(Oc3ccc(-c4ccc(C)cc4)cc3)c(S(=O)(=O)c3cc(S(=O)(=O)c4ccc(OC)c(S(=O)(=O)CC)c4)ccc3Oc3ccc(-c4ccc(Oc5ccc(S(=O)(=O)c6ccc(Oc7ccc(-c8ccc(C)cc8)cc7)cc6)cc5S(=O)(=O)CC)cc4)cc3)c2)ccc1OC.O=S(=O)=O. The smallest absolute Gasteiger partial charge is 0.425 e. The Hall–Kier alpha value is -14.9. The fraction of sp³-hybridized carbons (Fsp3) is 0.127. The Morgan fingerprint density at radius 3 is 0.550 bits per heavy atom. The molecule has 0 spiro atoms. The zero-order valence-corrected chi connectivity index (χ0v) is 89.4. The molecule has 0 aliphatic heterocycles. The lowest BCUT2D eigenvalue weighted by Crippen LogP contribution is -2.12. The maximum Gasteiger partial charge on any atom is 0.425 e. The van der Waals surface area contributed by atoms with Crippen LogP contribution in [0.25, 0.3) is 44.5 Å². The summed E-state index contributed by atoms with van der Waals surface area (Å²) < 4.78 is 324. The molecule has 0 fully saturated rings. The van der Waals surface area contributed by atoms with Crippen molar-refractivity contribution >= 4 is 99.1 Å². The molecule has 39 heteroatoms. The van der Waals surface area contributed by atoms with Crippen molar-refractivity contribution in [1.82, 2.24) is 0 Å². The van der Waals surface area contributed by atoms with Crippen LogP contribution in [0.3, 0.4) is 0 Å². The van der Waals surface area contributed by atoms with E-state index in [9.17, 15) is 67.3 Å². The molecule has 16 aromatic rings. The standard InChI is InChI=1S/C82H70O20S7.C28H26O6S2.O3S/c1-8-103(83,84)78-49-69(39-44-73(78)97-6)107(91,92)71-42-47-76(101-65-31-21-59(22-32-65)57-17-13-55(5)14-18-57)81(52-71)109(95,96)82-53-72(108(93,94)70-40-45-74(98-7)79(50-70)104(85,86)9-2)43-48-77(82)102-66-33-25-61(26-34-66)60-23-29-64(30-24-60)100-75-46-41-68(51-80(75)105(87,88)10-3)106(89,90)67-37-35-63(36-38-67)99-62-27-19-58(20-28-62)56-15-11-54(4)12-16-56;1-4-35(29,30)28-19-26(36(31,32)25-15-13-23(33-3)14-16-25)17-18-27(28)34-24-11-9-22(10-12-24)21-7-5-20(2)6-8-21;1-4(2)3/h11-53H,8-10H2,1-7H3;5-19H,4H2,1-3H3;. The lowest BCUT2D eigenvalue weighted by atomic mass is 10.0. The van der Waals surface area contributed by atoms with Crippen molar-refractivity contribution in [2.75, 3.05) is 44.3 Å². The fourth-order valence-electron chi connectivity index (χ4n) is 15.2. The minimum Gasteiger partial charge on any atom is -0.497 e. The maximum atomic E-state index is 16.0. The van der Waals surface area contributed by atoms with E-state index in [1.165, 1.54) is 140 Å². The van der Waals surface area contributed by atoms with Gasteiger partial charge >= 0.3 is 10.6 Å². The highest BCUT2D eigenvalue weighted by atomic mass is 32.2. The van der Waals surface area contributed by atoms with Gasteiger partial charge in [0.05, 0.1) is 83.5 Å². The van der Waals surface area contributed by atoms with Crippen LogP contribution in [0.2, 0.25) is 0 Å². The van der Waals surface area contributed by atoms with Crippen molar-refractivity contribution in [3.05, 3.63) is 369 Å². The minimum atomic E-state index is -5.33. The molecule has 0 saturated heterocycles. The first-order valence-electron chi connectivity index (χ1n) is 45.4. The quantitative estimate of drug-likeness (QED) is 0.0356. The number of hydrogen-bond donors (Lipinski definition) is 0. The molecule has 0 aliphatic carbocycles. The highest BCUT2D eigenvalue weighted by Gasteiger charge is 2.36. The zero-order valence-electron chi connectivity index (χ0n) is 81.2. The van der Waals surface area contributed by atoms with Crippen molar-refractivity contribution in [1.29, 1.82) is 0 Å². The molecule has 29 nitrogen and oxygen atoms in total. The summed E-state index contributed by atoms with van der Waals surface area (Å²) in [5.41, 5.74) is 10.2. The predicted molar refractivity (Wildman–Crippen MR) is 561 cm³/mol. The Kier molecular flexibility index (Phi) is 33.5. The van der Waals surface area contributed by atoms with Crippen LogP contribution in [-0.4, -0.2) is 133 Å². The van der Waals surface area contributed by atoms with Crippen LogP contribution in [0.5, 0.6) is 74.7 Å². The summed E-state index contributed by atoms with van der Waals surface area (Å²) in [6.07, 6.45) is 0. The second kappa shape index (κ2) is 45.4. The van der Waals surface area contributed by atoms with E-state index >= 15 is 8.42 Å². The van der Waals surface area contributed by atoms with E-state index < -0.39 is 161 Å². The molecule has 0 heterocycles. The Bertz CT molecular complexity index is 8980. The molecule has 0 aliphatic rings. The van der Waals surface area contributed by atoms with Gasteiger partial charge in [-0.05, 0) is 284 Å². The van der Waals surface area contributed by atoms with E-state index in [0.717, 1.165) is 129 Å². The third kappa shape index (κ3) is 25.2. The molecule has 0 radical (unpaired) electrons. The van der Waals surface area contributed by atoms with E-state index in [4.69, 9.17) is 50.5 Å². The molecule has 0 bridgehead atoms. The lowest BCUT2D eigenvalue weighted by Gasteiger charge is -2.18. The lowest BCUT2D eigenvalue weighted by molar-refractivity contribution is 0.402. The van der Waals surface area contributed by atoms with Crippen LogP contribution in [0.4, 0.5) is 0 Å². The summed E-state index contributed by atoms with van der Waals surface area (Å²) >= 11 is 0. The van der Waals surface area contributed by atoms with Gasteiger partial charge in [0.2, 0.25) is 49.2 Å². The predicted octanol–water partition coefficient (Wildman–Crippen LogP) is 22.3. The first kappa shape index (κ1) is 110. The van der Waals surface area contributed by atoms with Gasteiger partial charge in [0, 0.05) is 0 Å². The van der Waals surface area contributed by atoms with Crippen molar-refractivity contribution in [2.45, 2.75) is 117 Å².